The fraction of sp³-hybridized carbons (Fsp3) is 0. The molecule has 3 aromatic heterocycles. The van der Waals surface area contributed by atoms with Crippen LogP contribution in [0.1, 0.15) is 0 Å². The first-order valence-corrected chi connectivity index (χ1v) is 15.2. The molecule has 0 fully saturated rings. The molecular weight excluding hydrogens is 532 g/mol. The molecule has 0 aliphatic carbocycles. The minimum Gasteiger partial charge on any atom is -0.309 e. The van der Waals surface area contributed by atoms with Crippen LogP contribution < -0.4 is 0 Å². The zero-order valence-corrected chi connectivity index (χ0v) is 23.9. The van der Waals surface area contributed by atoms with Crippen LogP contribution in [0.3, 0.4) is 0 Å². The Morgan fingerprint density at radius 1 is 0.318 bits per heavy atom. The van der Waals surface area contributed by atoms with Crippen molar-refractivity contribution in [2.45, 2.75) is 0 Å². The summed E-state index contributed by atoms with van der Waals surface area (Å²) in [7, 11) is 0. The fourth-order valence-electron chi connectivity index (χ4n) is 7.70. The molecule has 0 unspecified atom stereocenters. The van der Waals surface area contributed by atoms with Crippen LogP contribution >= 0.6 is 0 Å². The maximum atomic E-state index is 2.55. The molecule has 0 aliphatic rings. The van der Waals surface area contributed by atoms with Gasteiger partial charge in [-0.2, -0.15) is 0 Å². The molecule has 0 N–H and O–H groups in total. The maximum Gasteiger partial charge on any atom is 0.0642 e. The van der Waals surface area contributed by atoms with Crippen molar-refractivity contribution in [3.8, 4) is 27.9 Å². The lowest BCUT2D eigenvalue weighted by atomic mass is 9.99. The van der Waals surface area contributed by atoms with Crippen molar-refractivity contribution in [3.63, 3.8) is 0 Å². The monoisotopic (exact) mass is 558 g/mol. The van der Waals surface area contributed by atoms with Crippen molar-refractivity contribution in [2.24, 2.45) is 0 Å². The molecule has 0 spiro atoms. The van der Waals surface area contributed by atoms with Gasteiger partial charge in [0, 0.05) is 38.1 Å². The first-order valence-electron chi connectivity index (χ1n) is 15.2. The van der Waals surface area contributed by atoms with E-state index in [-0.39, 0.29) is 0 Å². The van der Waals surface area contributed by atoms with Gasteiger partial charge in [-0.05, 0) is 40.8 Å². The summed E-state index contributed by atoms with van der Waals surface area (Å²) in [5, 5.41) is 7.71. The first kappa shape index (κ1) is 23.7. The van der Waals surface area contributed by atoms with E-state index in [0.717, 1.165) is 0 Å². The van der Waals surface area contributed by atoms with Gasteiger partial charge in [0.2, 0.25) is 0 Å². The molecule has 10 rings (SSSR count). The Kier molecular flexibility index (Phi) is 4.75. The highest BCUT2D eigenvalue weighted by Gasteiger charge is 2.24. The number of hydrogen-bond acceptors (Lipinski definition) is 0. The van der Waals surface area contributed by atoms with Gasteiger partial charge >= 0.3 is 0 Å². The number of benzene rings is 7. The quantitative estimate of drug-likeness (QED) is 0.204. The van der Waals surface area contributed by atoms with E-state index < -0.39 is 0 Å². The van der Waals surface area contributed by atoms with E-state index in [0.29, 0.717) is 0 Å². The molecule has 0 bridgehead atoms. The van der Waals surface area contributed by atoms with Gasteiger partial charge in [0.15, 0.2) is 0 Å². The molecular formula is C42H26N2. The summed E-state index contributed by atoms with van der Waals surface area (Å²) < 4.78 is 5.04. The van der Waals surface area contributed by atoms with Crippen LogP contribution in [0.2, 0.25) is 0 Å². The Hall–Kier alpha value is -5.86. The zero-order valence-electron chi connectivity index (χ0n) is 23.9. The summed E-state index contributed by atoms with van der Waals surface area (Å²) in [5.74, 6) is 0. The number of para-hydroxylation sites is 3. The van der Waals surface area contributed by atoms with Crippen molar-refractivity contribution < 1.29 is 0 Å². The highest BCUT2D eigenvalue weighted by atomic mass is 15.0. The highest BCUT2D eigenvalue weighted by Crippen LogP contribution is 2.47. The Bertz CT molecular complexity index is 2690. The minimum absolute atomic E-state index is 1.19. The second-order valence-electron chi connectivity index (χ2n) is 11.7. The average molecular weight is 559 g/mol. The third-order valence-electron chi connectivity index (χ3n) is 9.45. The zero-order chi connectivity index (χ0) is 28.8. The summed E-state index contributed by atoms with van der Waals surface area (Å²) in [5.41, 5.74) is 12.3. The molecule has 2 nitrogen and oxygen atoms in total. The van der Waals surface area contributed by atoms with Crippen LogP contribution in [-0.4, -0.2) is 8.97 Å². The van der Waals surface area contributed by atoms with Gasteiger partial charge in [0.05, 0.1) is 33.3 Å². The van der Waals surface area contributed by atoms with E-state index >= 15 is 0 Å². The molecule has 2 heteroatoms. The molecule has 0 aliphatic heterocycles. The first-order chi connectivity index (χ1) is 21.9. The summed E-state index contributed by atoms with van der Waals surface area (Å²) >= 11 is 0. The van der Waals surface area contributed by atoms with Crippen molar-refractivity contribution in [1.82, 2.24) is 8.97 Å². The van der Waals surface area contributed by atoms with Gasteiger partial charge in [-0.1, -0.05) is 133 Å². The van der Waals surface area contributed by atoms with Gasteiger partial charge < -0.3 is 8.97 Å². The second kappa shape index (κ2) is 8.82. The summed E-state index contributed by atoms with van der Waals surface area (Å²) in [6, 6.07) is 57.6. The molecule has 7 aromatic carbocycles. The lowest BCUT2D eigenvalue weighted by Gasteiger charge is -2.14. The molecule has 3 heterocycles. The fourth-order valence-corrected chi connectivity index (χ4v) is 7.70. The Balaban J connectivity index is 1.50. The van der Waals surface area contributed by atoms with Gasteiger partial charge in [0.25, 0.3) is 0 Å². The lowest BCUT2D eigenvalue weighted by molar-refractivity contribution is 1.18. The van der Waals surface area contributed by atoms with E-state index in [9.17, 15) is 0 Å². The van der Waals surface area contributed by atoms with E-state index in [2.05, 4.69) is 167 Å². The number of nitrogens with zero attached hydrogens (tertiary/aromatic N) is 2. The van der Waals surface area contributed by atoms with E-state index in [1.807, 2.05) is 0 Å². The van der Waals surface area contributed by atoms with Crippen molar-refractivity contribution in [3.05, 3.63) is 158 Å². The van der Waals surface area contributed by atoms with Gasteiger partial charge in [0.1, 0.15) is 0 Å². The summed E-state index contributed by atoms with van der Waals surface area (Å²) in [6.45, 7) is 0. The van der Waals surface area contributed by atoms with E-state index in [4.69, 9.17) is 0 Å². The van der Waals surface area contributed by atoms with Crippen LogP contribution in [0.4, 0.5) is 0 Å². The smallest absolute Gasteiger partial charge is 0.0642 e. The van der Waals surface area contributed by atoms with Crippen molar-refractivity contribution in [1.29, 1.82) is 0 Å². The van der Waals surface area contributed by atoms with Crippen LogP contribution in [0.15, 0.2) is 158 Å². The third kappa shape index (κ3) is 3.04. The third-order valence-corrected chi connectivity index (χ3v) is 9.45. The van der Waals surface area contributed by atoms with Crippen LogP contribution in [0.5, 0.6) is 0 Å². The number of fused-ring (bicyclic) bond motifs is 6. The van der Waals surface area contributed by atoms with E-state index in [1.54, 1.807) is 0 Å². The van der Waals surface area contributed by atoms with Gasteiger partial charge in [-0.25, -0.2) is 0 Å². The van der Waals surface area contributed by atoms with Gasteiger partial charge in [-0.3, -0.25) is 0 Å². The van der Waals surface area contributed by atoms with Crippen LogP contribution in [0, 0.1) is 0 Å². The van der Waals surface area contributed by atoms with Crippen molar-refractivity contribution in [2.75, 3.05) is 0 Å². The molecule has 0 amide bonds. The number of hydrogen-bond donors (Lipinski definition) is 0. The molecule has 0 radical (unpaired) electrons. The predicted octanol–water partition coefficient (Wildman–Crippen LogP) is 11.3. The predicted molar refractivity (Wildman–Crippen MR) is 186 cm³/mol. The Morgan fingerprint density at radius 2 is 0.886 bits per heavy atom. The number of rotatable bonds is 3. The Labute approximate surface area is 254 Å². The summed E-state index contributed by atoms with van der Waals surface area (Å²) in [4.78, 5) is 0. The molecule has 204 valence electrons. The highest BCUT2D eigenvalue weighted by molar-refractivity contribution is 6.33. The SMILES string of the molecule is c1ccc(-c2ccccc2-n2c3cccc4c5cccc(-c6ccccc6)c5n5c6ccccc6c6ccc2c(c43)c65)cc1. The van der Waals surface area contributed by atoms with Gasteiger partial charge in [-0.15, -0.1) is 0 Å². The second-order valence-corrected chi connectivity index (χ2v) is 11.7. The largest absolute Gasteiger partial charge is 0.309 e. The molecule has 44 heavy (non-hydrogen) atoms. The normalized spacial score (nSPS) is 12.1. The standard InChI is InChI=1S/C42H26N2/c1-3-13-27(14-4-1)29-17-7-9-22-35(29)43-37-24-12-20-32-33-21-11-19-30(28-15-5-2-6-16-28)41(33)44-36-23-10-8-18-31(36)34-25-26-38(43)40(39(32)37)42(34)44/h1-26H. The lowest BCUT2D eigenvalue weighted by Crippen LogP contribution is -1.97. The Morgan fingerprint density at radius 3 is 1.73 bits per heavy atom. The molecule has 10 aromatic rings. The van der Waals surface area contributed by atoms with Crippen LogP contribution in [0.25, 0.3) is 87.8 Å². The minimum atomic E-state index is 1.19. The van der Waals surface area contributed by atoms with Crippen molar-refractivity contribution >= 4 is 59.9 Å². The topological polar surface area (TPSA) is 9.34 Å². The van der Waals surface area contributed by atoms with Crippen LogP contribution in [-0.2, 0) is 0 Å². The number of aromatic nitrogens is 2. The molecule has 0 saturated heterocycles. The summed E-state index contributed by atoms with van der Waals surface area (Å²) in [6.07, 6.45) is 0. The van der Waals surface area contributed by atoms with E-state index in [1.165, 1.54) is 87.8 Å². The average Bonchev–Trinajstić information content (AvgIpc) is 3.57. The molecule has 0 saturated carbocycles. The molecule has 0 atom stereocenters. The maximum absolute atomic E-state index is 2.55.